The standard InChI is InChI=1S/C29H28N8O2/c1-4-27(38)37-13-5-6-19(16-37)22-9-10-23-28(33-22)29(31-17-30-23)32-20-7-12-26(18(2)14-20)39-21-8-11-25-24(15-21)34-35-36(25)3/h4,7-12,14-15,17,19H,1,5-6,13,16H2,2-3H3,(H,30,31,32). The Morgan fingerprint density at radius 2 is 2.03 bits per heavy atom. The summed E-state index contributed by atoms with van der Waals surface area (Å²) >= 11 is 0. The van der Waals surface area contributed by atoms with E-state index in [1.54, 1.807) is 4.68 Å². The van der Waals surface area contributed by atoms with Crippen molar-refractivity contribution in [2.45, 2.75) is 25.7 Å². The molecule has 0 aliphatic carbocycles. The summed E-state index contributed by atoms with van der Waals surface area (Å²) in [6.07, 6.45) is 4.81. The summed E-state index contributed by atoms with van der Waals surface area (Å²) in [6, 6.07) is 15.6. The Kier molecular flexibility index (Phi) is 6.36. The van der Waals surface area contributed by atoms with Crippen LogP contribution in [-0.4, -0.2) is 53.8 Å². The molecule has 10 nitrogen and oxygen atoms in total. The number of carbonyl (C=O) groups excluding carboxylic acids is 1. The minimum Gasteiger partial charge on any atom is -0.457 e. The van der Waals surface area contributed by atoms with Gasteiger partial charge >= 0.3 is 0 Å². The van der Waals surface area contributed by atoms with E-state index < -0.39 is 0 Å². The maximum atomic E-state index is 12.2. The van der Waals surface area contributed by atoms with E-state index in [4.69, 9.17) is 9.72 Å². The highest BCUT2D eigenvalue weighted by atomic mass is 16.5. The van der Waals surface area contributed by atoms with E-state index in [-0.39, 0.29) is 11.8 Å². The van der Waals surface area contributed by atoms with Gasteiger partial charge in [-0.2, -0.15) is 0 Å². The van der Waals surface area contributed by atoms with Crippen LogP contribution in [0.4, 0.5) is 11.5 Å². The van der Waals surface area contributed by atoms with Crippen LogP contribution in [0, 0.1) is 6.92 Å². The molecule has 1 atom stereocenters. The molecule has 5 aromatic rings. The Labute approximate surface area is 225 Å². The van der Waals surface area contributed by atoms with Crippen molar-refractivity contribution < 1.29 is 9.53 Å². The molecule has 0 bridgehead atoms. The average molecular weight is 521 g/mol. The summed E-state index contributed by atoms with van der Waals surface area (Å²) in [4.78, 5) is 27.8. The van der Waals surface area contributed by atoms with Crippen molar-refractivity contribution >= 4 is 39.5 Å². The molecule has 1 amide bonds. The quantitative estimate of drug-likeness (QED) is 0.310. The first-order valence-corrected chi connectivity index (χ1v) is 12.9. The third kappa shape index (κ3) is 4.88. The fourth-order valence-corrected chi connectivity index (χ4v) is 5.01. The molecule has 39 heavy (non-hydrogen) atoms. The molecule has 6 rings (SSSR count). The van der Waals surface area contributed by atoms with Gasteiger partial charge in [-0.1, -0.05) is 11.8 Å². The van der Waals surface area contributed by atoms with E-state index in [1.165, 1.54) is 12.4 Å². The number of anilines is 2. The number of carbonyl (C=O) groups is 1. The molecule has 0 radical (unpaired) electrons. The third-order valence-corrected chi connectivity index (χ3v) is 7.08. The second-order valence-corrected chi connectivity index (χ2v) is 9.72. The van der Waals surface area contributed by atoms with Gasteiger partial charge in [0.1, 0.15) is 28.9 Å². The van der Waals surface area contributed by atoms with Crippen LogP contribution in [0.1, 0.15) is 30.0 Å². The molecular weight excluding hydrogens is 492 g/mol. The Morgan fingerprint density at radius 3 is 2.87 bits per heavy atom. The maximum Gasteiger partial charge on any atom is 0.245 e. The van der Waals surface area contributed by atoms with Gasteiger partial charge in [-0.3, -0.25) is 4.79 Å². The molecule has 2 aromatic carbocycles. The topological polar surface area (TPSA) is 111 Å². The molecule has 4 heterocycles. The Morgan fingerprint density at radius 1 is 1.13 bits per heavy atom. The van der Waals surface area contributed by atoms with Crippen LogP contribution >= 0.6 is 0 Å². The van der Waals surface area contributed by atoms with Crippen molar-refractivity contribution in [3.8, 4) is 11.5 Å². The van der Waals surface area contributed by atoms with E-state index >= 15 is 0 Å². The highest BCUT2D eigenvalue weighted by molar-refractivity contribution is 5.88. The third-order valence-electron chi connectivity index (χ3n) is 7.08. The maximum absolute atomic E-state index is 12.2. The van der Waals surface area contributed by atoms with E-state index in [1.807, 2.05) is 67.4 Å². The van der Waals surface area contributed by atoms with Crippen LogP contribution in [0.5, 0.6) is 11.5 Å². The molecule has 10 heteroatoms. The van der Waals surface area contributed by atoms with Crippen LogP contribution < -0.4 is 10.1 Å². The number of hydrogen-bond acceptors (Lipinski definition) is 8. The van der Waals surface area contributed by atoms with Crippen LogP contribution in [-0.2, 0) is 11.8 Å². The van der Waals surface area contributed by atoms with Crippen LogP contribution in [0.15, 0.2) is 67.5 Å². The Balaban J connectivity index is 1.23. The fourth-order valence-electron chi connectivity index (χ4n) is 5.01. The number of benzene rings is 2. The number of likely N-dealkylation sites (tertiary alicyclic amines) is 1. The van der Waals surface area contributed by atoms with Crippen molar-refractivity contribution in [3.05, 3.63) is 78.8 Å². The first-order valence-electron chi connectivity index (χ1n) is 12.9. The van der Waals surface area contributed by atoms with E-state index in [0.717, 1.165) is 58.6 Å². The summed E-state index contributed by atoms with van der Waals surface area (Å²) < 4.78 is 7.87. The predicted octanol–water partition coefficient (Wildman–Crippen LogP) is 5.04. The van der Waals surface area contributed by atoms with Gasteiger partial charge in [0.05, 0.1) is 11.0 Å². The fraction of sp³-hybridized carbons (Fsp3) is 0.241. The normalized spacial score (nSPS) is 15.4. The molecule has 3 aromatic heterocycles. The highest BCUT2D eigenvalue weighted by Crippen LogP contribution is 2.32. The molecule has 1 unspecified atom stereocenters. The summed E-state index contributed by atoms with van der Waals surface area (Å²) in [6.45, 7) is 7.00. The number of aromatic nitrogens is 6. The summed E-state index contributed by atoms with van der Waals surface area (Å²) in [5.74, 6) is 2.18. The van der Waals surface area contributed by atoms with Gasteiger partial charge in [-0.25, -0.2) is 19.6 Å². The number of ether oxygens (including phenoxy) is 1. The molecular formula is C29H28N8O2. The van der Waals surface area contributed by atoms with E-state index in [2.05, 4.69) is 32.2 Å². The molecule has 1 saturated heterocycles. The summed E-state index contributed by atoms with van der Waals surface area (Å²) in [5.41, 5.74) is 5.92. The molecule has 1 aliphatic heterocycles. The smallest absolute Gasteiger partial charge is 0.245 e. The molecule has 1 fully saturated rings. The van der Waals surface area contributed by atoms with Crippen LogP contribution in [0.2, 0.25) is 0 Å². The lowest BCUT2D eigenvalue weighted by Gasteiger charge is -2.31. The van der Waals surface area contributed by atoms with Gasteiger partial charge in [-0.05, 0) is 73.9 Å². The summed E-state index contributed by atoms with van der Waals surface area (Å²) in [5, 5.41) is 11.6. The number of hydrogen-bond donors (Lipinski definition) is 1. The van der Waals surface area contributed by atoms with Crippen LogP contribution in [0.3, 0.4) is 0 Å². The first-order chi connectivity index (χ1) is 19.0. The minimum atomic E-state index is -0.0386. The SMILES string of the molecule is C=CC(=O)N1CCCC(c2ccc3ncnc(Nc4ccc(Oc5ccc6c(c5)nnn6C)c(C)c4)c3n2)C1. The number of rotatable bonds is 6. The zero-order valence-corrected chi connectivity index (χ0v) is 21.8. The average Bonchev–Trinajstić information content (AvgIpc) is 3.33. The highest BCUT2D eigenvalue weighted by Gasteiger charge is 2.25. The van der Waals surface area contributed by atoms with Gasteiger partial charge in [0.25, 0.3) is 0 Å². The second-order valence-electron chi connectivity index (χ2n) is 9.72. The minimum absolute atomic E-state index is 0.0386. The number of amides is 1. The monoisotopic (exact) mass is 520 g/mol. The molecule has 196 valence electrons. The van der Waals surface area contributed by atoms with Crippen LogP contribution in [0.25, 0.3) is 22.1 Å². The predicted molar refractivity (Wildman–Crippen MR) is 149 cm³/mol. The number of aryl methyl sites for hydroxylation is 2. The molecule has 1 N–H and O–H groups in total. The summed E-state index contributed by atoms with van der Waals surface area (Å²) in [7, 11) is 1.86. The van der Waals surface area contributed by atoms with Gasteiger partial charge in [0, 0.05) is 43.5 Å². The number of nitrogens with zero attached hydrogens (tertiary/aromatic N) is 7. The zero-order chi connectivity index (χ0) is 26.9. The number of piperidine rings is 1. The largest absolute Gasteiger partial charge is 0.457 e. The Hall–Kier alpha value is -4.86. The lowest BCUT2D eigenvalue weighted by molar-refractivity contribution is -0.127. The van der Waals surface area contributed by atoms with Crippen molar-refractivity contribution in [3.63, 3.8) is 0 Å². The number of fused-ring (bicyclic) bond motifs is 2. The van der Waals surface area contributed by atoms with Crippen molar-refractivity contribution in [1.82, 2.24) is 34.8 Å². The second kappa shape index (κ2) is 10.1. The molecule has 0 saturated carbocycles. The van der Waals surface area contributed by atoms with Gasteiger partial charge < -0.3 is 15.0 Å². The van der Waals surface area contributed by atoms with Gasteiger partial charge in [0.15, 0.2) is 5.82 Å². The van der Waals surface area contributed by atoms with Gasteiger partial charge in [-0.15, -0.1) is 5.10 Å². The van der Waals surface area contributed by atoms with Crippen molar-refractivity contribution in [2.75, 3.05) is 18.4 Å². The number of nitrogens with one attached hydrogen (secondary N) is 1. The molecule has 0 spiro atoms. The number of pyridine rings is 1. The Bertz CT molecular complexity index is 1710. The van der Waals surface area contributed by atoms with E-state index in [9.17, 15) is 4.79 Å². The zero-order valence-electron chi connectivity index (χ0n) is 21.8. The first kappa shape index (κ1) is 24.5. The van der Waals surface area contributed by atoms with E-state index in [0.29, 0.717) is 23.6 Å². The van der Waals surface area contributed by atoms with Gasteiger partial charge in [0.2, 0.25) is 5.91 Å². The molecule has 1 aliphatic rings. The van der Waals surface area contributed by atoms with Crippen molar-refractivity contribution in [1.29, 1.82) is 0 Å². The lowest BCUT2D eigenvalue weighted by Crippen LogP contribution is -2.38. The lowest BCUT2D eigenvalue weighted by atomic mass is 9.94. The van der Waals surface area contributed by atoms with Crippen molar-refractivity contribution in [2.24, 2.45) is 7.05 Å².